The lowest BCUT2D eigenvalue weighted by molar-refractivity contribution is -0.136. The largest absolute Gasteiger partial charge is 0.466 e. The van der Waals surface area contributed by atoms with Crippen molar-refractivity contribution in [3.05, 3.63) is 68.4 Å². The number of hydrogen-bond acceptors (Lipinski definition) is 5. The lowest BCUT2D eigenvalue weighted by Crippen LogP contribution is -2.35. The zero-order valence-electron chi connectivity index (χ0n) is 15.9. The summed E-state index contributed by atoms with van der Waals surface area (Å²) in [6, 6.07) is 10.4. The molecule has 0 saturated heterocycles. The van der Waals surface area contributed by atoms with Gasteiger partial charge in [0.1, 0.15) is 0 Å². The molecule has 2 rings (SSSR count). The van der Waals surface area contributed by atoms with Crippen LogP contribution >= 0.6 is 27.3 Å². The van der Waals surface area contributed by atoms with Crippen molar-refractivity contribution < 1.29 is 17.9 Å². The van der Waals surface area contributed by atoms with Crippen LogP contribution in [0.1, 0.15) is 15.3 Å². The first-order valence-electron chi connectivity index (χ1n) is 8.39. The fourth-order valence-electron chi connectivity index (χ4n) is 2.47. The fourth-order valence-corrected chi connectivity index (χ4v) is 5.20. The third-order valence-electron chi connectivity index (χ3n) is 3.88. The zero-order chi connectivity index (χ0) is 20.9. The summed E-state index contributed by atoms with van der Waals surface area (Å²) < 4.78 is 32.9. The predicted molar refractivity (Wildman–Crippen MR) is 117 cm³/mol. The van der Waals surface area contributed by atoms with Crippen molar-refractivity contribution in [3.8, 4) is 0 Å². The first-order valence-corrected chi connectivity index (χ1v) is 11.4. The Kier molecular flexibility index (Phi) is 7.77. The smallest absolute Gasteiger partial charge is 0.335 e. The standard InChI is InChI=1S/C20H22BrNO4S2/c1-14-5-9-19(10-6-14)28(24,25)22(12-15(2)21)13-17(20(23)26-4)11-18-8-7-16(3)27-18/h5-11H,2,12-13H2,1,3-4H3/b17-11-. The average molecular weight is 484 g/mol. The Morgan fingerprint density at radius 2 is 1.82 bits per heavy atom. The number of nitrogens with zero attached hydrogens (tertiary/aromatic N) is 1. The van der Waals surface area contributed by atoms with E-state index in [1.807, 2.05) is 26.0 Å². The van der Waals surface area contributed by atoms with Crippen molar-refractivity contribution in [1.29, 1.82) is 0 Å². The van der Waals surface area contributed by atoms with E-state index < -0.39 is 16.0 Å². The third kappa shape index (κ3) is 5.88. The van der Waals surface area contributed by atoms with Crippen LogP contribution < -0.4 is 0 Å². The topological polar surface area (TPSA) is 63.7 Å². The van der Waals surface area contributed by atoms with Crippen LogP contribution in [0, 0.1) is 13.8 Å². The number of hydrogen-bond donors (Lipinski definition) is 0. The van der Waals surface area contributed by atoms with Gasteiger partial charge in [-0.1, -0.05) is 40.2 Å². The maximum absolute atomic E-state index is 13.2. The first kappa shape index (κ1) is 22.5. The molecule has 0 atom stereocenters. The van der Waals surface area contributed by atoms with Gasteiger partial charge in [0.25, 0.3) is 0 Å². The molecule has 0 N–H and O–H groups in total. The second-order valence-electron chi connectivity index (χ2n) is 6.21. The molecule has 0 saturated carbocycles. The number of sulfonamides is 1. The Morgan fingerprint density at radius 1 is 1.18 bits per heavy atom. The number of esters is 1. The number of ether oxygens (including phenoxy) is 1. The lowest BCUT2D eigenvalue weighted by atomic mass is 10.2. The summed E-state index contributed by atoms with van der Waals surface area (Å²) in [6.45, 7) is 7.49. The van der Waals surface area contributed by atoms with Crippen LogP contribution in [0.2, 0.25) is 0 Å². The second kappa shape index (κ2) is 9.65. The minimum atomic E-state index is -3.84. The quantitative estimate of drug-likeness (QED) is 0.408. The zero-order valence-corrected chi connectivity index (χ0v) is 19.2. The summed E-state index contributed by atoms with van der Waals surface area (Å²) in [4.78, 5) is 14.4. The Morgan fingerprint density at radius 3 is 2.32 bits per heavy atom. The fraction of sp³-hybridized carbons (Fsp3) is 0.250. The summed E-state index contributed by atoms with van der Waals surface area (Å²) >= 11 is 4.74. The van der Waals surface area contributed by atoms with E-state index in [2.05, 4.69) is 22.5 Å². The highest BCUT2D eigenvalue weighted by molar-refractivity contribution is 9.11. The number of thiophene rings is 1. The molecule has 28 heavy (non-hydrogen) atoms. The van der Waals surface area contributed by atoms with E-state index in [0.717, 1.165) is 15.3 Å². The minimum absolute atomic E-state index is 0.0218. The van der Waals surface area contributed by atoms with Gasteiger partial charge in [-0.05, 0) is 44.2 Å². The van der Waals surface area contributed by atoms with Gasteiger partial charge in [-0.3, -0.25) is 0 Å². The molecule has 0 aliphatic rings. The van der Waals surface area contributed by atoms with Crippen molar-refractivity contribution in [1.82, 2.24) is 4.31 Å². The molecule has 8 heteroatoms. The molecule has 0 aliphatic heterocycles. The van der Waals surface area contributed by atoms with Gasteiger partial charge >= 0.3 is 5.97 Å². The molecular formula is C20H22BrNO4S2. The molecule has 0 radical (unpaired) electrons. The lowest BCUT2D eigenvalue weighted by Gasteiger charge is -2.22. The summed E-state index contributed by atoms with van der Waals surface area (Å²) in [5, 5.41) is 0. The number of benzene rings is 1. The van der Waals surface area contributed by atoms with E-state index >= 15 is 0 Å². The molecule has 1 heterocycles. The van der Waals surface area contributed by atoms with Gasteiger partial charge in [0.15, 0.2) is 0 Å². The Bertz CT molecular complexity index is 991. The van der Waals surface area contributed by atoms with Gasteiger partial charge in [0.2, 0.25) is 10.0 Å². The molecule has 0 spiro atoms. The molecule has 0 unspecified atom stereocenters. The van der Waals surface area contributed by atoms with Crippen molar-refractivity contribution >= 4 is 49.3 Å². The third-order valence-corrected chi connectivity index (χ3v) is 6.88. The van der Waals surface area contributed by atoms with Gasteiger partial charge in [-0.15, -0.1) is 11.3 Å². The van der Waals surface area contributed by atoms with Crippen LogP contribution in [0.3, 0.4) is 0 Å². The van der Waals surface area contributed by atoms with Gasteiger partial charge in [-0.2, -0.15) is 4.31 Å². The van der Waals surface area contributed by atoms with Crippen LogP contribution in [0.4, 0.5) is 0 Å². The Labute approximate surface area is 178 Å². The van der Waals surface area contributed by atoms with Gasteiger partial charge in [0, 0.05) is 27.3 Å². The first-order chi connectivity index (χ1) is 13.1. The molecule has 1 aromatic heterocycles. The summed E-state index contributed by atoms with van der Waals surface area (Å²) in [7, 11) is -2.56. The van der Waals surface area contributed by atoms with Crippen LogP contribution in [-0.4, -0.2) is 38.9 Å². The highest BCUT2D eigenvalue weighted by Gasteiger charge is 2.27. The SMILES string of the molecule is C=C(Br)CN(C/C(=C/c1ccc(C)s1)C(=O)OC)S(=O)(=O)c1ccc(C)cc1. The van der Waals surface area contributed by atoms with Gasteiger partial charge in [0.05, 0.1) is 17.6 Å². The molecule has 1 aromatic carbocycles. The minimum Gasteiger partial charge on any atom is -0.466 e. The molecular weight excluding hydrogens is 462 g/mol. The maximum atomic E-state index is 13.2. The number of halogens is 1. The molecule has 2 aromatic rings. The molecule has 0 amide bonds. The Hall–Kier alpha value is -1.74. The van der Waals surface area contributed by atoms with E-state index in [0.29, 0.717) is 4.48 Å². The predicted octanol–water partition coefficient (Wildman–Crippen LogP) is 4.52. The van der Waals surface area contributed by atoms with Gasteiger partial charge in [-0.25, -0.2) is 13.2 Å². The number of aryl methyl sites for hydroxylation is 2. The Balaban J connectivity index is 2.45. The molecule has 5 nitrogen and oxygen atoms in total. The van der Waals surface area contributed by atoms with Crippen molar-refractivity contribution in [2.75, 3.05) is 20.2 Å². The van der Waals surface area contributed by atoms with Crippen molar-refractivity contribution in [2.24, 2.45) is 0 Å². The van der Waals surface area contributed by atoms with E-state index in [4.69, 9.17) is 4.74 Å². The highest BCUT2D eigenvalue weighted by atomic mass is 79.9. The average Bonchev–Trinajstić information content (AvgIpc) is 3.04. The highest BCUT2D eigenvalue weighted by Crippen LogP contribution is 2.23. The van der Waals surface area contributed by atoms with Gasteiger partial charge < -0.3 is 4.74 Å². The molecule has 0 bridgehead atoms. The van der Waals surface area contributed by atoms with Crippen molar-refractivity contribution in [2.45, 2.75) is 18.7 Å². The van der Waals surface area contributed by atoms with E-state index in [1.54, 1.807) is 30.3 Å². The maximum Gasteiger partial charge on any atom is 0.335 e. The number of carbonyl (C=O) groups excluding carboxylic acids is 1. The second-order valence-corrected chi connectivity index (χ2v) is 10.6. The van der Waals surface area contributed by atoms with E-state index in [1.165, 1.54) is 22.8 Å². The molecule has 0 aliphatic carbocycles. The van der Waals surface area contributed by atoms with Crippen molar-refractivity contribution in [3.63, 3.8) is 0 Å². The number of rotatable bonds is 8. The summed E-state index contributed by atoms with van der Waals surface area (Å²) in [5.74, 6) is -0.574. The summed E-state index contributed by atoms with van der Waals surface area (Å²) in [6.07, 6.45) is 1.66. The molecule has 150 valence electrons. The van der Waals surface area contributed by atoms with E-state index in [9.17, 15) is 13.2 Å². The van der Waals surface area contributed by atoms with E-state index in [-0.39, 0.29) is 23.6 Å². The number of methoxy groups -OCH3 is 1. The summed E-state index contributed by atoms with van der Waals surface area (Å²) in [5.41, 5.74) is 1.20. The number of carbonyl (C=O) groups is 1. The normalized spacial score (nSPS) is 12.2. The van der Waals surface area contributed by atoms with Crippen LogP contribution in [0.5, 0.6) is 0 Å². The van der Waals surface area contributed by atoms with Crippen LogP contribution in [-0.2, 0) is 19.6 Å². The van der Waals surface area contributed by atoms with Crippen LogP contribution in [0.25, 0.3) is 6.08 Å². The monoisotopic (exact) mass is 483 g/mol. The molecule has 0 fully saturated rings. The van der Waals surface area contributed by atoms with Crippen LogP contribution in [0.15, 0.2) is 57.9 Å².